The molecule has 3 fully saturated rings. The molecule has 4 unspecified atom stereocenters. The molecule has 0 aromatic rings. The Morgan fingerprint density at radius 1 is 1.20 bits per heavy atom. The molecule has 0 spiro atoms. The van der Waals surface area contributed by atoms with E-state index in [4.69, 9.17) is 5.73 Å². The van der Waals surface area contributed by atoms with Gasteiger partial charge in [-0.25, -0.2) is 0 Å². The number of likely N-dealkylation sites (N-methyl/N-ethyl adjacent to an activating group) is 1. The van der Waals surface area contributed by atoms with E-state index in [1.807, 2.05) is 0 Å². The molecule has 0 aromatic carbocycles. The van der Waals surface area contributed by atoms with Crippen molar-refractivity contribution >= 4 is 30.7 Å². The highest BCUT2D eigenvalue weighted by molar-refractivity contribution is 5.85. The Morgan fingerprint density at radius 3 is 2.40 bits per heavy atom. The number of nitrogens with two attached hydrogens (primary N) is 1. The number of amides is 1. The van der Waals surface area contributed by atoms with Crippen LogP contribution in [0.4, 0.5) is 0 Å². The molecule has 2 bridgehead atoms. The number of nitrogens with one attached hydrogen (secondary N) is 1. The molecule has 20 heavy (non-hydrogen) atoms. The number of hydrogen-bond acceptors (Lipinski definition) is 3. The first-order valence-corrected chi connectivity index (χ1v) is 7.40. The number of fused-ring (bicyclic) bond motifs is 2. The minimum absolute atomic E-state index is 0. The van der Waals surface area contributed by atoms with Crippen molar-refractivity contribution < 1.29 is 4.79 Å². The molecule has 0 saturated heterocycles. The van der Waals surface area contributed by atoms with Gasteiger partial charge in [0.1, 0.15) is 0 Å². The molecule has 3 rings (SSSR count). The van der Waals surface area contributed by atoms with Crippen molar-refractivity contribution in [3.63, 3.8) is 0 Å². The van der Waals surface area contributed by atoms with Crippen LogP contribution in [0, 0.1) is 17.8 Å². The maximum atomic E-state index is 12.2. The van der Waals surface area contributed by atoms with E-state index in [1.165, 1.54) is 32.1 Å². The zero-order valence-corrected chi connectivity index (χ0v) is 13.7. The van der Waals surface area contributed by atoms with Crippen LogP contribution in [-0.4, -0.2) is 43.0 Å². The highest BCUT2D eigenvalue weighted by Gasteiger charge is 2.48. The largest absolute Gasteiger partial charge is 0.355 e. The van der Waals surface area contributed by atoms with Crippen LogP contribution >= 0.6 is 24.8 Å². The number of nitrogens with zero attached hydrogens (tertiary/aromatic N) is 1. The molecule has 118 valence electrons. The van der Waals surface area contributed by atoms with Crippen molar-refractivity contribution in [1.29, 1.82) is 0 Å². The zero-order valence-electron chi connectivity index (χ0n) is 12.1. The van der Waals surface area contributed by atoms with Gasteiger partial charge in [0.2, 0.25) is 5.91 Å². The second-order valence-electron chi connectivity index (χ2n) is 6.44. The highest BCUT2D eigenvalue weighted by Crippen LogP contribution is 2.47. The van der Waals surface area contributed by atoms with E-state index >= 15 is 0 Å². The predicted octanol–water partition coefficient (Wildman–Crippen LogP) is 1.41. The van der Waals surface area contributed by atoms with Gasteiger partial charge in [0.15, 0.2) is 0 Å². The second kappa shape index (κ2) is 7.30. The lowest BCUT2D eigenvalue weighted by molar-refractivity contribution is -0.127. The van der Waals surface area contributed by atoms with Crippen LogP contribution in [0.2, 0.25) is 0 Å². The van der Waals surface area contributed by atoms with Crippen LogP contribution in [0.15, 0.2) is 0 Å². The maximum absolute atomic E-state index is 12.2. The molecule has 3 aliphatic carbocycles. The third-order valence-electron chi connectivity index (χ3n) is 5.22. The van der Waals surface area contributed by atoms with Crippen molar-refractivity contribution in [1.82, 2.24) is 10.2 Å². The number of hydrogen-bond donors (Lipinski definition) is 2. The smallest absolute Gasteiger partial charge is 0.225 e. The zero-order chi connectivity index (χ0) is 12.7. The molecule has 1 amide bonds. The maximum Gasteiger partial charge on any atom is 0.225 e. The topological polar surface area (TPSA) is 58.4 Å². The molecule has 3 aliphatic rings. The molecule has 0 aromatic heterocycles. The summed E-state index contributed by atoms with van der Waals surface area (Å²) in [4.78, 5) is 14.6. The van der Waals surface area contributed by atoms with E-state index in [2.05, 4.69) is 17.3 Å². The Balaban J connectivity index is 0.000001000. The Kier molecular flexibility index (Phi) is 6.58. The summed E-state index contributed by atoms with van der Waals surface area (Å²) in [6.07, 6.45) is 6.27. The average Bonchev–Trinajstić information content (AvgIpc) is 3.02. The van der Waals surface area contributed by atoms with Crippen LogP contribution in [-0.2, 0) is 4.79 Å². The summed E-state index contributed by atoms with van der Waals surface area (Å²) in [5.74, 6) is 1.47. The molecule has 3 saturated carbocycles. The molecule has 0 aliphatic heterocycles. The van der Waals surface area contributed by atoms with Gasteiger partial charge in [-0.1, -0.05) is 0 Å². The molecule has 3 N–H and O–H groups in total. The van der Waals surface area contributed by atoms with Gasteiger partial charge in [-0.05, 0) is 51.0 Å². The second-order valence-corrected chi connectivity index (χ2v) is 6.44. The Morgan fingerprint density at radius 2 is 1.85 bits per heavy atom. The van der Waals surface area contributed by atoms with E-state index in [0.717, 1.165) is 19.1 Å². The van der Waals surface area contributed by atoms with Gasteiger partial charge in [-0.2, -0.15) is 0 Å². The first-order valence-electron chi connectivity index (χ1n) is 7.40. The van der Waals surface area contributed by atoms with Crippen molar-refractivity contribution in [3.05, 3.63) is 0 Å². The van der Waals surface area contributed by atoms with Gasteiger partial charge in [0, 0.05) is 25.2 Å². The van der Waals surface area contributed by atoms with Crippen LogP contribution in [0.25, 0.3) is 0 Å². The number of carbonyl (C=O) groups is 1. The monoisotopic (exact) mass is 323 g/mol. The normalized spacial score (nSPS) is 34.5. The van der Waals surface area contributed by atoms with Crippen molar-refractivity contribution in [2.45, 2.75) is 44.2 Å². The van der Waals surface area contributed by atoms with Gasteiger partial charge in [-0.3, -0.25) is 4.79 Å². The number of halogens is 2. The summed E-state index contributed by atoms with van der Waals surface area (Å²) in [7, 11) is 2.15. The summed E-state index contributed by atoms with van der Waals surface area (Å²) in [5.41, 5.74) is 6.18. The molecule has 4 nitrogen and oxygen atoms in total. The number of carbonyl (C=O) groups excluding carboxylic acids is 1. The summed E-state index contributed by atoms with van der Waals surface area (Å²) in [6, 6.07) is 0.886. The third-order valence-corrected chi connectivity index (χ3v) is 5.22. The first kappa shape index (κ1) is 18.0. The molecule has 0 heterocycles. The van der Waals surface area contributed by atoms with Crippen molar-refractivity contribution in [2.24, 2.45) is 23.5 Å². The Hall–Kier alpha value is -0.0300. The van der Waals surface area contributed by atoms with Gasteiger partial charge in [0.25, 0.3) is 0 Å². The van der Waals surface area contributed by atoms with Gasteiger partial charge in [0.05, 0.1) is 5.92 Å². The van der Waals surface area contributed by atoms with E-state index in [9.17, 15) is 4.79 Å². The van der Waals surface area contributed by atoms with Crippen LogP contribution < -0.4 is 11.1 Å². The quantitative estimate of drug-likeness (QED) is 0.804. The van der Waals surface area contributed by atoms with E-state index < -0.39 is 0 Å². The first-order chi connectivity index (χ1) is 8.66. The molecular formula is C14H27Cl2N3O. The fraction of sp³-hybridized carbons (Fsp3) is 0.929. The lowest BCUT2D eigenvalue weighted by atomic mass is 9.84. The van der Waals surface area contributed by atoms with Crippen molar-refractivity contribution in [2.75, 3.05) is 20.1 Å². The minimum atomic E-state index is 0. The molecule has 6 heteroatoms. The predicted molar refractivity (Wildman–Crippen MR) is 85.5 cm³/mol. The molecule has 0 radical (unpaired) electrons. The standard InChI is InChI=1S/C14H25N3O.2ClH/c1-17(11-4-5-11)7-6-16-14(18)12-9-2-3-10(8-9)13(12)15;;/h9-13H,2-8,15H2,1H3,(H,16,18);2*1H. The molecule has 4 atom stereocenters. The Bertz CT molecular complexity index is 336. The average molecular weight is 324 g/mol. The summed E-state index contributed by atoms with van der Waals surface area (Å²) >= 11 is 0. The van der Waals surface area contributed by atoms with Gasteiger partial charge in [-0.15, -0.1) is 24.8 Å². The fourth-order valence-corrected chi connectivity index (χ4v) is 3.90. The van der Waals surface area contributed by atoms with Crippen LogP contribution in [0.5, 0.6) is 0 Å². The van der Waals surface area contributed by atoms with Gasteiger partial charge >= 0.3 is 0 Å². The SMILES string of the molecule is CN(CCNC(=O)C1C2CCC(C2)C1N)C1CC1.Cl.Cl. The van der Waals surface area contributed by atoms with Crippen LogP contribution in [0.3, 0.4) is 0 Å². The number of rotatable bonds is 5. The lowest BCUT2D eigenvalue weighted by Gasteiger charge is -2.27. The van der Waals surface area contributed by atoms with Gasteiger partial charge < -0.3 is 16.0 Å². The lowest BCUT2D eigenvalue weighted by Crippen LogP contribution is -2.46. The van der Waals surface area contributed by atoms with E-state index in [-0.39, 0.29) is 42.7 Å². The summed E-state index contributed by atoms with van der Waals surface area (Å²) < 4.78 is 0. The summed E-state index contributed by atoms with van der Waals surface area (Å²) in [5, 5.41) is 3.09. The highest BCUT2D eigenvalue weighted by atomic mass is 35.5. The third kappa shape index (κ3) is 3.59. The minimum Gasteiger partial charge on any atom is -0.355 e. The van der Waals surface area contributed by atoms with Crippen LogP contribution in [0.1, 0.15) is 32.1 Å². The van der Waals surface area contributed by atoms with E-state index in [1.54, 1.807) is 0 Å². The fourth-order valence-electron chi connectivity index (χ4n) is 3.90. The molecular weight excluding hydrogens is 297 g/mol. The van der Waals surface area contributed by atoms with Crippen molar-refractivity contribution in [3.8, 4) is 0 Å². The summed E-state index contributed by atoms with van der Waals surface area (Å²) in [6.45, 7) is 1.74. The Labute approximate surface area is 134 Å². The van der Waals surface area contributed by atoms with E-state index in [0.29, 0.717) is 11.8 Å².